The fraction of sp³-hybridized carbons (Fsp3) is 0.531. The molecule has 2 unspecified atom stereocenters. The number of anilines is 1. The number of amides is 3. The van der Waals surface area contributed by atoms with E-state index in [-0.39, 0.29) is 41.4 Å². The SMILES string of the molecule is CC(C)(C)C1CCc2nc(SCC(=O)N(C3CCCCC3)C3CC(=O)N(c4ccccc4)C3=O)c(C#N)cc2C1. The molecule has 0 bridgehead atoms. The molecular formula is C32H38N4O3S. The Hall–Kier alpha value is -3.18. The van der Waals surface area contributed by atoms with Gasteiger partial charge in [-0.15, -0.1) is 0 Å². The first-order valence-corrected chi connectivity index (χ1v) is 15.4. The van der Waals surface area contributed by atoms with Crippen LogP contribution in [0, 0.1) is 22.7 Å². The smallest absolute Gasteiger partial charge is 0.257 e. The number of aromatic nitrogens is 1. The van der Waals surface area contributed by atoms with Crippen LogP contribution in [-0.4, -0.2) is 45.4 Å². The van der Waals surface area contributed by atoms with Gasteiger partial charge in [-0.2, -0.15) is 5.26 Å². The summed E-state index contributed by atoms with van der Waals surface area (Å²) in [5.41, 5.74) is 3.39. The fourth-order valence-electron chi connectivity index (χ4n) is 6.45. The van der Waals surface area contributed by atoms with Crippen molar-refractivity contribution in [3.63, 3.8) is 0 Å². The number of hydrogen-bond donors (Lipinski definition) is 0. The second-order valence-corrected chi connectivity index (χ2v) is 13.3. The number of pyridine rings is 1. The van der Waals surface area contributed by atoms with Crippen LogP contribution in [0.3, 0.4) is 0 Å². The molecule has 2 fully saturated rings. The maximum atomic E-state index is 13.9. The molecule has 2 aliphatic carbocycles. The van der Waals surface area contributed by atoms with Crippen LogP contribution < -0.4 is 4.90 Å². The van der Waals surface area contributed by atoms with E-state index in [1.165, 1.54) is 16.7 Å². The number of aryl methyl sites for hydroxylation is 1. The number of thioether (sulfide) groups is 1. The van der Waals surface area contributed by atoms with Gasteiger partial charge in [-0.1, -0.05) is 70.0 Å². The number of carbonyl (C=O) groups excluding carboxylic acids is 3. The Bertz CT molecular complexity index is 1320. The molecule has 1 saturated carbocycles. The van der Waals surface area contributed by atoms with Gasteiger partial charge in [0.25, 0.3) is 5.91 Å². The van der Waals surface area contributed by atoms with E-state index in [4.69, 9.17) is 4.98 Å². The molecule has 1 aliphatic heterocycles. The number of carbonyl (C=O) groups is 3. The summed E-state index contributed by atoms with van der Waals surface area (Å²) in [4.78, 5) is 48.2. The van der Waals surface area contributed by atoms with Gasteiger partial charge >= 0.3 is 0 Å². The Kier molecular flexibility index (Phi) is 8.32. The first-order valence-electron chi connectivity index (χ1n) is 14.5. The molecule has 0 spiro atoms. The summed E-state index contributed by atoms with van der Waals surface area (Å²) in [7, 11) is 0. The highest BCUT2D eigenvalue weighted by Crippen LogP contribution is 2.38. The van der Waals surface area contributed by atoms with Gasteiger partial charge in [0, 0.05) is 11.7 Å². The van der Waals surface area contributed by atoms with E-state index in [1.54, 1.807) is 29.2 Å². The average Bonchev–Trinajstić information content (AvgIpc) is 3.24. The van der Waals surface area contributed by atoms with Crippen LogP contribution in [0.25, 0.3) is 0 Å². The highest BCUT2D eigenvalue weighted by molar-refractivity contribution is 8.00. The summed E-state index contributed by atoms with van der Waals surface area (Å²) >= 11 is 1.27. The van der Waals surface area contributed by atoms with Crippen LogP contribution >= 0.6 is 11.8 Å². The summed E-state index contributed by atoms with van der Waals surface area (Å²) in [5, 5.41) is 10.5. The third-order valence-electron chi connectivity index (χ3n) is 8.76. The number of nitriles is 1. The molecular weight excluding hydrogens is 520 g/mol. The number of para-hydroxylation sites is 1. The molecule has 8 heteroatoms. The molecule has 7 nitrogen and oxygen atoms in total. The Balaban J connectivity index is 1.36. The van der Waals surface area contributed by atoms with Gasteiger partial charge in [0.2, 0.25) is 11.8 Å². The molecule has 2 heterocycles. The highest BCUT2D eigenvalue weighted by atomic mass is 32.2. The van der Waals surface area contributed by atoms with Crippen LogP contribution in [0.5, 0.6) is 0 Å². The van der Waals surface area contributed by atoms with E-state index >= 15 is 0 Å². The second-order valence-electron chi connectivity index (χ2n) is 12.4. The minimum Gasteiger partial charge on any atom is -0.326 e. The molecule has 2 atom stereocenters. The van der Waals surface area contributed by atoms with E-state index in [0.717, 1.165) is 62.6 Å². The summed E-state index contributed by atoms with van der Waals surface area (Å²) < 4.78 is 0. The highest BCUT2D eigenvalue weighted by Gasteiger charge is 2.46. The topological polar surface area (TPSA) is 94.4 Å². The van der Waals surface area contributed by atoms with Crippen molar-refractivity contribution >= 4 is 35.2 Å². The van der Waals surface area contributed by atoms with Crippen molar-refractivity contribution in [2.75, 3.05) is 10.7 Å². The molecule has 3 aliphatic rings. The van der Waals surface area contributed by atoms with Crippen LogP contribution in [-0.2, 0) is 27.2 Å². The quantitative estimate of drug-likeness (QED) is 0.334. The number of imide groups is 1. The predicted molar refractivity (Wildman–Crippen MR) is 156 cm³/mol. The molecule has 1 aromatic heterocycles. The minimum atomic E-state index is -0.801. The number of rotatable bonds is 6. The maximum Gasteiger partial charge on any atom is 0.257 e. The number of hydrogen-bond acceptors (Lipinski definition) is 6. The third kappa shape index (κ3) is 5.81. The van der Waals surface area contributed by atoms with Crippen LogP contribution in [0.15, 0.2) is 41.4 Å². The largest absolute Gasteiger partial charge is 0.326 e. The van der Waals surface area contributed by atoms with E-state index in [9.17, 15) is 19.6 Å². The normalized spacial score (nSPS) is 21.7. The lowest BCUT2D eigenvalue weighted by Gasteiger charge is -2.37. The van der Waals surface area contributed by atoms with Crippen LogP contribution in [0.2, 0.25) is 0 Å². The van der Waals surface area contributed by atoms with E-state index < -0.39 is 6.04 Å². The first-order chi connectivity index (χ1) is 19.2. The number of fused-ring (bicyclic) bond motifs is 1. The first kappa shape index (κ1) is 28.4. The lowest BCUT2D eigenvalue weighted by molar-refractivity contribution is -0.139. The molecule has 3 amide bonds. The molecule has 210 valence electrons. The van der Waals surface area contributed by atoms with Crippen molar-refractivity contribution in [3.8, 4) is 6.07 Å². The molecule has 0 radical (unpaired) electrons. The average molecular weight is 559 g/mol. The fourth-order valence-corrected chi connectivity index (χ4v) is 7.30. The summed E-state index contributed by atoms with van der Waals surface area (Å²) in [6, 6.07) is 12.3. The molecule has 1 saturated heterocycles. The van der Waals surface area contributed by atoms with Crippen molar-refractivity contribution < 1.29 is 14.4 Å². The van der Waals surface area contributed by atoms with Gasteiger partial charge in [-0.05, 0) is 67.2 Å². The number of nitrogens with zero attached hydrogens (tertiary/aromatic N) is 4. The monoisotopic (exact) mass is 558 g/mol. The van der Waals surface area contributed by atoms with Gasteiger partial charge in [0.15, 0.2) is 0 Å². The summed E-state index contributed by atoms with van der Waals surface area (Å²) in [6.07, 6.45) is 7.60. The van der Waals surface area contributed by atoms with Gasteiger partial charge in [0.05, 0.1) is 23.4 Å². The Morgan fingerprint density at radius 3 is 2.50 bits per heavy atom. The molecule has 0 N–H and O–H groups in total. The maximum absolute atomic E-state index is 13.9. The van der Waals surface area contributed by atoms with Crippen molar-refractivity contribution in [2.45, 2.75) is 95.7 Å². The van der Waals surface area contributed by atoms with Gasteiger partial charge in [-0.25, -0.2) is 9.88 Å². The zero-order chi connectivity index (χ0) is 28.4. The lowest BCUT2D eigenvalue weighted by atomic mass is 9.71. The van der Waals surface area contributed by atoms with Gasteiger partial charge in [-0.3, -0.25) is 14.4 Å². The predicted octanol–water partition coefficient (Wildman–Crippen LogP) is 5.69. The van der Waals surface area contributed by atoms with Crippen molar-refractivity contribution in [1.82, 2.24) is 9.88 Å². The summed E-state index contributed by atoms with van der Waals surface area (Å²) in [5.74, 6) is -0.170. The Morgan fingerprint density at radius 2 is 1.82 bits per heavy atom. The van der Waals surface area contributed by atoms with Crippen molar-refractivity contribution in [1.29, 1.82) is 5.26 Å². The zero-order valence-corrected chi connectivity index (χ0v) is 24.5. The number of benzene rings is 1. The van der Waals surface area contributed by atoms with Crippen molar-refractivity contribution in [2.24, 2.45) is 11.3 Å². The summed E-state index contributed by atoms with van der Waals surface area (Å²) in [6.45, 7) is 6.78. The molecule has 40 heavy (non-hydrogen) atoms. The zero-order valence-electron chi connectivity index (χ0n) is 23.7. The lowest BCUT2D eigenvalue weighted by Crippen LogP contribution is -2.52. The standard InChI is InChI=1S/C32H38N4O3S/c1-32(2,3)23-14-15-26-21(17-23)16-22(19-33)30(34-26)40-20-29(38)35(24-10-6-4-7-11-24)27-18-28(37)36(31(27)39)25-12-8-5-9-13-25/h5,8-9,12-13,16,23-24,27H,4,6-7,10-11,14-15,17-18,20H2,1-3H3. The van der Waals surface area contributed by atoms with Crippen LogP contribution in [0.4, 0.5) is 5.69 Å². The van der Waals surface area contributed by atoms with Gasteiger partial charge in [0.1, 0.15) is 17.1 Å². The second kappa shape index (κ2) is 11.7. The van der Waals surface area contributed by atoms with E-state index in [0.29, 0.717) is 22.2 Å². The third-order valence-corrected chi connectivity index (χ3v) is 9.73. The van der Waals surface area contributed by atoms with Crippen molar-refractivity contribution in [3.05, 3.63) is 53.2 Å². The molecule has 5 rings (SSSR count). The van der Waals surface area contributed by atoms with Gasteiger partial charge < -0.3 is 4.90 Å². The Morgan fingerprint density at radius 1 is 1.10 bits per heavy atom. The molecule has 2 aromatic rings. The minimum absolute atomic E-state index is 0.00385. The van der Waals surface area contributed by atoms with E-state index in [1.807, 2.05) is 12.1 Å². The van der Waals surface area contributed by atoms with E-state index in [2.05, 4.69) is 26.8 Å². The molecule has 1 aromatic carbocycles. The Labute approximate surface area is 241 Å². The van der Waals surface area contributed by atoms with Crippen LogP contribution in [0.1, 0.15) is 82.5 Å².